The summed E-state index contributed by atoms with van der Waals surface area (Å²) in [5.74, 6) is -0.174. The molecule has 0 aliphatic carbocycles. The lowest BCUT2D eigenvalue weighted by Crippen LogP contribution is -2.40. The summed E-state index contributed by atoms with van der Waals surface area (Å²) in [6.45, 7) is 4.46. The molecule has 0 bridgehead atoms. The summed E-state index contributed by atoms with van der Waals surface area (Å²) in [5.41, 5.74) is 7.53. The molecule has 0 saturated carbocycles. The first-order chi connectivity index (χ1) is 9.02. The fourth-order valence-corrected chi connectivity index (χ4v) is 2.22. The summed E-state index contributed by atoms with van der Waals surface area (Å²) in [5, 5.41) is 4.85. The number of anilines is 1. The minimum atomic E-state index is -0.454. The quantitative estimate of drug-likeness (QED) is 0.568. The van der Waals surface area contributed by atoms with E-state index in [1.54, 1.807) is 0 Å². The number of hydrogen-bond acceptors (Lipinski definition) is 4. The Morgan fingerprint density at radius 2 is 2.11 bits per heavy atom. The van der Waals surface area contributed by atoms with E-state index in [-0.39, 0.29) is 11.7 Å². The van der Waals surface area contributed by atoms with Gasteiger partial charge in [0, 0.05) is 17.1 Å². The molecule has 1 aromatic rings. The van der Waals surface area contributed by atoms with Crippen LogP contribution in [0, 0.1) is 6.92 Å². The van der Waals surface area contributed by atoms with E-state index in [0.29, 0.717) is 12.2 Å². The molecule has 104 valence electrons. The average Bonchev–Trinajstić information content (AvgIpc) is 2.37. The van der Waals surface area contributed by atoms with E-state index in [1.807, 2.05) is 32.0 Å². The minimum Gasteiger partial charge on any atom is -0.398 e. The van der Waals surface area contributed by atoms with Crippen molar-refractivity contribution in [1.29, 1.82) is 0 Å². The smallest absolute Gasteiger partial charge is 0.321 e. The third-order valence-electron chi connectivity index (χ3n) is 2.32. The highest BCUT2D eigenvalue weighted by Gasteiger charge is 2.08. The zero-order valence-corrected chi connectivity index (χ0v) is 12.0. The number of imide groups is 1. The van der Waals surface area contributed by atoms with Crippen LogP contribution in [0.4, 0.5) is 10.5 Å². The largest absolute Gasteiger partial charge is 0.398 e. The molecule has 0 atom stereocenters. The number of urea groups is 1. The zero-order valence-electron chi connectivity index (χ0n) is 11.2. The van der Waals surface area contributed by atoms with Crippen molar-refractivity contribution in [1.82, 2.24) is 10.6 Å². The summed E-state index contributed by atoms with van der Waals surface area (Å²) in [6, 6.07) is 5.19. The molecule has 0 spiro atoms. The number of benzene rings is 1. The van der Waals surface area contributed by atoms with Crippen LogP contribution in [-0.4, -0.2) is 24.2 Å². The van der Waals surface area contributed by atoms with Crippen LogP contribution in [0.5, 0.6) is 0 Å². The molecule has 4 N–H and O–H groups in total. The van der Waals surface area contributed by atoms with Crippen LogP contribution < -0.4 is 16.4 Å². The summed E-state index contributed by atoms with van der Waals surface area (Å²) in [6.07, 6.45) is 0.830. The molecule has 0 radical (unpaired) electrons. The molecule has 3 amide bonds. The highest BCUT2D eigenvalue weighted by atomic mass is 32.2. The fourth-order valence-electron chi connectivity index (χ4n) is 1.36. The van der Waals surface area contributed by atoms with Gasteiger partial charge in [0.2, 0.25) is 5.91 Å². The van der Waals surface area contributed by atoms with Crippen molar-refractivity contribution in [3.63, 3.8) is 0 Å². The summed E-state index contributed by atoms with van der Waals surface area (Å²) >= 11 is 1.32. The first kappa shape index (κ1) is 15.4. The number of nitrogens with one attached hydrogen (secondary N) is 2. The molecular weight excluding hydrogens is 262 g/mol. The number of thioether (sulfide) groups is 1. The first-order valence-electron chi connectivity index (χ1n) is 6.09. The second-order valence-corrected chi connectivity index (χ2v) is 5.15. The molecule has 0 unspecified atom stereocenters. The van der Waals surface area contributed by atoms with E-state index in [9.17, 15) is 9.59 Å². The number of hydrogen-bond donors (Lipinski definition) is 3. The maximum Gasteiger partial charge on any atom is 0.321 e. The van der Waals surface area contributed by atoms with E-state index >= 15 is 0 Å². The van der Waals surface area contributed by atoms with Crippen molar-refractivity contribution in [3.8, 4) is 0 Å². The Kier molecular flexibility index (Phi) is 6.21. The normalized spacial score (nSPS) is 10.0. The Hall–Kier alpha value is -1.69. The number of aryl methyl sites for hydroxylation is 1. The predicted molar refractivity (Wildman–Crippen MR) is 78.1 cm³/mol. The lowest BCUT2D eigenvalue weighted by atomic mass is 10.2. The molecule has 0 aromatic heterocycles. The molecule has 6 heteroatoms. The van der Waals surface area contributed by atoms with Gasteiger partial charge in [0.15, 0.2) is 0 Å². The average molecular weight is 281 g/mol. The lowest BCUT2D eigenvalue weighted by Gasteiger charge is -2.07. The van der Waals surface area contributed by atoms with Crippen LogP contribution in [0.15, 0.2) is 23.1 Å². The Balaban J connectivity index is 2.41. The Morgan fingerprint density at radius 3 is 2.79 bits per heavy atom. The molecule has 5 nitrogen and oxygen atoms in total. The van der Waals surface area contributed by atoms with Gasteiger partial charge in [0.25, 0.3) is 0 Å². The van der Waals surface area contributed by atoms with E-state index in [1.165, 1.54) is 11.8 Å². The van der Waals surface area contributed by atoms with Gasteiger partial charge >= 0.3 is 6.03 Å². The van der Waals surface area contributed by atoms with Crippen LogP contribution in [0.25, 0.3) is 0 Å². The van der Waals surface area contributed by atoms with Gasteiger partial charge in [0.05, 0.1) is 5.75 Å². The van der Waals surface area contributed by atoms with Gasteiger partial charge in [-0.3, -0.25) is 10.1 Å². The molecule has 0 heterocycles. The van der Waals surface area contributed by atoms with E-state index in [0.717, 1.165) is 16.9 Å². The second-order valence-electron chi connectivity index (χ2n) is 4.13. The van der Waals surface area contributed by atoms with Crippen molar-refractivity contribution in [3.05, 3.63) is 23.8 Å². The summed E-state index contributed by atoms with van der Waals surface area (Å²) in [7, 11) is 0. The Bertz CT molecular complexity index is 463. The number of amides is 3. The third kappa shape index (κ3) is 5.65. The van der Waals surface area contributed by atoms with Gasteiger partial charge < -0.3 is 11.1 Å². The summed E-state index contributed by atoms with van der Waals surface area (Å²) in [4.78, 5) is 23.7. The van der Waals surface area contributed by atoms with Crippen molar-refractivity contribution in [2.24, 2.45) is 0 Å². The maximum absolute atomic E-state index is 11.6. The molecule has 0 aliphatic rings. The maximum atomic E-state index is 11.6. The third-order valence-corrected chi connectivity index (χ3v) is 3.39. The SMILES string of the molecule is CCCNC(=O)NC(=O)CSc1cc(C)ccc1N. The van der Waals surface area contributed by atoms with Crippen molar-refractivity contribution < 1.29 is 9.59 Å². The van der Waals surface area contributed by atoms with Crippen molar-refractivity contribution >= 4 is 29.4 Å². The Labute approximate surface area is 117 Å². The molecule has 0 aliphatic heterocycles. The van der Waals surface area contributed by atoms with Gasteiger partial charge in [-0.05, 0) is 31.0 Å². The van der Waals surface area contributed by atoms with Crippen LogP contribution >= 0.6 is 11.8 Å². The van der Waals surface area contributed by atoms with Gasteiger partial charge in [0.1, 0.15) is 0 Å². The van der Waals surface area contributed by atoms with Crippen LogP contribution in [0.1, 0.15) is 18.9 Å². The van der Waals surface area contributed by atoms with Crippen molar-refractivity contribution in [2.45, 2.75) is 25.2 Å². The van der Waals surface area contributed by atoms with Crippen molar-refractivity contribution in [2.75, 3.05) is 18.0 Å². The monoisotopic (exact) mass is 281 g/mol. The number of nitrogens with two attached hydrogens (primary N) is 1. The lowest BCUT2D eigenvalue weighted by molar-refractivity contribution is -0.117. The molecule has 19 heavy (non-hydrogen) atoms. The fraction of sp³-hybridized carbons (Fsp3) is 0.385. The second kappa shape index (κ2) is 7.68. The topological polar surface area (TPSA) is 84.2 Å². The minimum absolute atomic E-state index is 0.160. The van der Waals surface area contributed by atoms with E-state index in [2.05, 4.69) is 10.6 Å². The van der Waals surface area contributed by atoms with Crippen LogP contribution in [-0.2, 0) is 4.79 Å². The van der Waals surface area contributed by atoms with Crippen LogP contribution in [0.3, 0.4) is 0 Å². The standard InChI is InChI=1S/C13H19N3O2S/c1-3-6-15-13(18)16-12(17)8-19-11-7-9(2)4-5-10(11)14/h4-5,7H,3,6,8,14H2,1-2H3,(H2,15,16,17,18). The first-order valence-corrected chi connectivity index (χ1v) is 7.08. The highest BCUT2D eigenvalue weighted by molar-refractivity contribution is 8.00. The van der Waals surface area contributed by atoms with Gasteiger partial charge in [-0.15, -0.1) is 11.8 Å². The Morgan fingerprint density at radius 1 is 1.37 bits per heavy atom. The van der Waals surface area contributed by atoms with Gasteiger partial charge in [-0.1, -0.05) is 13.0 Å². The summed E-state index contributed by atoms with van der Waals surface area (Å²) < 4.78 is 0. The van der Waals surface area contributed by atoms with Gasteiger partial charge in [-0.2, -0.15) is 0 Å². The molecular formula is C13H19N3O2S. The molecule has 0 fully saturated rings. The molecule has 0 saturated heterocycles. The number of carbonyl (C=O) groups is 2. The molecule has 1 rings (SSSR count). The highest BCUT2D eigenvalue weighted by Crippen LogP contribution is 2.25. The predicted octanol–water partition coefficient (Wildman–Crippen LogP) is 1.91. The zero-order chi connectivity index (χ0) is 14.3. The number of nitrogen functional groups attached to an aromatic ring is 1. The number of carbonyl (C=O) groups excluding carboxylic acids is 2. The van der Waals surface area contributed by atoms with Crippen LogP contribution in [0.2, 0.25) is 0 Å². The molecule has 1 aromatic carbocycles. The number of rotatable bonds is 5. The van der Waals surface area contributed by atoms with E-state index < -0.39 is 6.03 Å². The van der Waals surface area contributed by atoms with Gasteiger partial charge in [-0.25, -0.2) is 4.79 Å². The van der Waals surface area contributed by atoms with E-state index in [4.69, 9.17) is 5.73 Å².